The summed E-state index contributed by atoms with van der Waals surface area (Å²) in [5.41, 5.74) is 5.41. The molecule has 2 aliphatic rings. The van der Waals surface area contributed by atoms with Crippen molar-refractivity contribution in [3.63, 3.8) is 0 Å². The highest BCUT2D eigenvalue weighted by atomic mass is 32.1. The number of nitrogens with zero attached hydrogens (tertiary/aromatic N) is 1. The number of hydrogen-bond donors (Lipinski definition) is 1. The monoisotopic (exact) mass is 270 g/mol. The van der Waals surface area contributed by atoms with Crippen LogP contribution in [0.5, 0.6) is 0 Å². The third kappa shape index (κ3) is 2.01. The number of hydrogen-bond acceptors (Lipinski definition) is 3. The van der Waals surface area contributed by atoms with Crippen LogP contribution in [0.4, 0.5) is 0 Å². The van der Waals surface area contributed by atoms with Gasteiger partial charge < -0.3 is 5.32 Å². The maximum atomic E-state index is 4.92. The SMILES string of the molecule is Cc1ccc2c(c1)-c1nc(CC3CCCN3)sc1C2. The Morgan fingerprint density at radius 2 is 2.37 bits per heavy atom. The molecule has 1 aromatic heterocycles. The fourth-order valence-electron chi connectivity index (χ4n) is 3.20. The average Bonchev–Trinajstić information content (AvgIpc) is 3.06. The summed E-state index contributed by atoms with van der Waals surface area (Å²) in [6.07, 6.45) is 4.82. The predicted molar refractivity (Wildman–Crippen MR) is 79.8 cm³/mol. The highest BCUT2D eigenvalue weighted by molar-refractivity contribution is 7.12. The molecule has 0 bridgehead atoms. The minimum Gasteiger partial charge on any atom is -0.314 e. The van der Waals surface area contributed by atoms with Crippen molar-refractivity contribution in [2.45, 2.75) is 38.6 Å². The maximum absolute atomic E-state index is 4.92. The molecule has 0 spiro atoms. The fraction of sp³-hybridized carbons (Fsp3) is 0.438. The average molecular weight is 270 g/mol. The molecule has 1 unspecified atom stereocenters. The molecule has 2 aromatic rings. The van der Waals surface area contributed by atoms with E-state index in [9.17, 15) is 0 Å². The number of fused-ring (bicyclic) bond motifs is 3. The van der Waals surface area contributed by atoms with Crippen molar-refractivity contribution in [3.05, 3.63) is 39.2 Å². The Labute approximate surface area is 117 Å². The first-order valence-electron chi connectivity index (χ1n) is 7.11. The Kier molecular flexibility index (Phi) is 2.71. The largest absolute Gasteiger partial charge is 0.314 e. The highest BCUT2D eigenvalue weighted by Crippen LogP contribution is 2.40. The van der Waals surface area contributed by atoms with Gasteiger partial charge in [0.1, 0.15) is 0 Å². The fourth-order valence-corrected chi connectivity index (χ4v) is 4.38. The van der Waals surface area contributed by atoms with E-state index in [0.717, 1.165) is 12.8 Å². The van der Waals surface area contributed by atoms with E-state index in [1.165, 1.54) is 51.7 Å². The van der Waals surface area contributed by atoms with Crippen LogP contribution < -0.4 is 5.32 Å². The molecule has 2 heterocycles. The first-order chi connectivity index (χ1) is 9.29. The lowest BCUT2D eigenvalue weighted by molar-refractivity contribution is 0.601. The second-order valence-electron chi connectivity index (χ2n) is 5.71. The van der Waals surface area contributed by atoms with Crippen molar-refractivity contribution in [1.82, 2.24) is 10.3 Å². The molecule has 0 radical (unpaired) electrons. The van der Waals surface area contributed by atoms with Crippen LogP contribution in [0, 0.1) is 6.92 Å². The topological polar surface area (TPSA) is 24.9 Å². The minimum atomic E-state index is 0.656. The van der Waals surface area contributed by atoms with E-state index in [2.05, 4.69) is 30.4 Å². The number of aromatic nitrogens is 1. The van der Waals surface area contributed by atoms with Crippen LogP contribution in [0.3, 0.4) is 0 Å². The molecule has 4 rings (SSSR count). The number of thiazole rings is 1. The Balaban J connectivity index is 1.65. The zero-order valence-corrected chi connectivity index (χ0v) is 12.0. The number of benzene rings is 1. The van der Waals surface area contributed by atoms with Crippen molar-refractivity contribution in [1.29, 1.82) is 0 Å². The van der Waals surface area contributed by atoms with Crippen molar-refractivity contribution in [2.24, 2.45) is 0 Å². The Morgan fingerprint density at radius 3 is 3.21 bits per heavy atom. The van der Waals surface area contributed by atoms with E-state index < -0.39 is 0 Å². The molecule has 1 saturated heterocycles. The summed E-state index contributed by atoms with van der Waals surface area (Å²) in [5, 5.41) is 4.88. The van der Waals surface area contributed by atoms with Crippen LogP contribution in [0.1, 0.15) is 33.9 Å². The lowest BCUT2D eigenvalue weighted by Gasteiger charge is -2.07. The van der Waals surface area contributed by atoms with E-state index in [4.69, 9.17) is 4.98 Å². The van der Waals surface area contributed by atoms with Gasteiger partial charge in [-0.2, -0.15) is 0 Å². The van der Waals surface area contributed by atoms with E-state index in [1.54, 1.807) is 0 Å². The van der Waals surface area contributed by atoms with Crippen LogP contribution in [-0.2, 0) is 12.8 Å². The normalized spacial score (nSPS) is 20.6. The standard InChI is InChI=1S/C16H18N2S/c1-10-4-5-11-8-14-16(13(11)7-10)18-15(19-14)9-12-3-2-6-17-12/h4-5,7,12,17H,2-3,6,8-9H2,1H3. The van der Waals surface area contributed by atoms with Crippen LogP contribution in [0.15, 0.2) is 18.2 Å². The second kappa shape index (κ2) is 4.43. The third-order valence-corrected chi connectivity index (χ3v) is 5.27. The van der Waals surface area contributed by atoms with E-state index in [0.29, 0.717) is 6.04 Å². The smallest absolute Gasteiger partial charge is 0.0951 e. The molecule has 1 N–H and O–H groups in total. The van der Waals surface area contributed by atoms with Gasteiger partial charge in [0.2, 0.25) is 0 Å². The van der Waals surface area contributed by atoms with Crippen LogP contribution in [-0.4, -0.2) is 17.6 Å². The van der Waals surface area contributed by atoms with Gasteiger partial charge in [0, 0.05) is 29.3 Å². The summed E-state index contributed by atoms with van der Waals surface area (Å²) in [5.74, 6) is 0. The molecule has 1 atom stereocenters. The van der Waals surface area contributed by atoms with Gasteiger partial charge in [-0.15, -0.1) is 11.3 Å². The number of nitrogens with one attached hydrogen (secondary N) is 1. The predicted octanol–water partition coefficient (Wildman–Crippen LogP) is 3.32. The number of rotatable bonds is 2. The molecule has 1 fully saturated rings. The van der Waals surface area contributed by atoms with Gasteiger partial charge in [0.15, 0.2) is 0 Å². The van der Waals surface area contributed by atoms with E-state index in [1.807, 2.05) is 11.3 Å². The summed E-state index contributed by atoms with van der Waals surface area (Å²) in [4.78, 5) is 6.38. The van der Waals surface area contributed by atoms with Gasteiger partial charge in [-0.25, -0.2) is 4.98 Å². The summed E-state index contributed by atoms with van der Waals surface area (Å²) >= 11 is 1.92. The zero-order chi connectivity index (χ0) is 12.8. The quantitative estimate of drug-likeness (QED) is 0.772. The van der Waals surface area contributed by atoms with E-state index in [-0.39, 0.29) is 0 Å². The molecule has 3 heteroatoms. The molecular weight excluding hydrogens is 252 g/mol. The minimum absolute atomic E-state index is 0.656. The molecule has 1 aromatic carbocycles. The summed E-state index contributed by atoms with van der Waals surface area (Å²) in [7, 11) is 0. The first kappa shape index (κ1) is 11.6. The van der Waals surface area contributed by atoms with Gasteiger partial charge in [-0.05, 0) is 37.9 Å². The van der Waals surface area contributed by atoms with Gasteiger partial charge in [-0.1, -0.05) is 17.7 Å². The molecule has 1 aliphatic carbocycles. The van der Waals surface area contributed by atoms with E-state index >= 15 is 0 Å². The first-order valence-corrected chi connectivity index (χ1v) is 7.93. The van der Waals surface area contributed by atoms with Crippen molar-refractivity contribution in [3.8, 4) is 11.3 Å². The van der Waals surface area contributed by atoms with Crippen molar-refractivity contribution in [2.75, 3.05) is 6.54 Å². The highest BCUT2D eigenvalue weighted by Gasteiger charge is 2.24. The molecule has 1 aliphatic heterocycles. The Hall–Kier alpha value is -1.19. The molecular formula is C16H18N2S. The van der Waals surface area contributed by atoms with Gasteiger partial charge >= 0.3 is 0 Å². The summed E-state index contributed by atoms with van der Waals surface area (Å²) in [6.45, 7) is 3.34. The zero-order valence-electron chi connectivity index (χ0n) is 11.2. The maximum Gasteiger partial charge on any atom is 0.0951 e. The summed E-state index contributed by atoms with van der Waals surface area (Å²) < 4.78 is 0. The number of aryl methyl sites for hydroxylation is 1. The third-order valence-electron chi connectivity index (χ3n) is 4.20. The lowest BCUT2D eigenvalue weighted by atomic mass is 10.1. The molecule has 19 heavy (non-hydrogen) atoms. The lowest BCUT2D eigenvalue weighted by Crippen LogP contribution is -2.23. The molecule has 98 valence electrons. The van der Waals surface area contributed by atoms with Crippen LogP contribution in [0.25, 0.3) is 11.3 Å². The Bertz CT molecular complexity index is 624. The second-order valence-corrected chi connectivity index (χ2v) is 6.88. The molecule has 0 saturated carbocycles. The van der Waals surface area contributed by atoms with Crippen molar-refractivity contribution < 1.29 is 0 Å². The molecule has 0 amide bonds. The van der Waals surface area contributed by atoms with Crippen LogP contribution >= 0.6 is 11.3 Å². The molecule has 2 nitrogen and oxygen atoms in total. The Morgan fingerprint density at radius 1 is 1.42 bits per heavy atom. The van der Waals surface area contributed by atoms with Gasteiger partial charge in [0.05, 0.1) is 10.7 Å². The van der Waals surface area contributed by atoms with Crippen molar-refractivity contribution >= 4 is 11.3 Å². The van der Waals surface area contributed by atoms with Crippen LogP contribution in [0.2, 0.25) is 0 Å². The van der Waals surface area contributed by atoms with Gasteiger partial charge in [-0.3, -0.25) is 0 Å². The summed E-state index contributed by atoms with van der Waals surface area (Å²) in [6, 6.07) is 7.41. The van der Waals surface area contributed by atoms with Gasteiger partial charge in [0.25, 0.3) is 0 Å².